The molecule has 0 bridgehead atoms. The van der Waals surface area contributed by atoms with E-state index < -0.39 is 0 Å². The van der Waals surface area contributed by atoms with Gasteiger partial charge < -0.3 is 14.5 Å². The van der Waals surface area contributed by atoms with Gasteiger partial charge in [-0.05, 0) is 29.5 Å². The summed E-state index contributed by atoms with van der Waals surface area (Å²) in [6.07, 6.45) is 4.36. The summed E-state index contributed by atoms with van der Waals surface area (Å²) in [7, 11) is 3.70. The fraction of sp³-hybridized carbons (Fsp3) is 0.476. The van der Waals surface area contributed by atoms with E-state index >= 15 is 0 Å². The van der Waals surface area contributed by atoms with Gasteiger partial charge in [-0.3, -0.25) is 9.78 Å². The molecule has 1 aromatic carbocycles. The molecule has 27 heavy (non-hydrogen) atoms. The molecule has 1 heterocycles. The van der Waals surface area contributed by atoms with Crippen molar-refractivity contribution in [3.8, 4) is 11.6 Å². The molecule has 0 atom stereocenters. The van der Waals surface area contributed by atoms with E-state index in [2.05, 4.69) is 42.9 Å². The minimum atomic E-state index is 0.0428. The van der Waals surface area contributed by atoms with Crippen LogP contribution in [0.4, 0.5) is 5.82 Å². The number of ether oxygens (including phenoxy) is 1. The van der Waals surface area contributed by atoms with Crippen LogP contribution >= 0.6 is 0 Å². The van der Waals surface area contributed by atoms with E-state index in [1.807, 2.05) is 24.1 Å². The Hall–Kier alpha value is -2.63. The predicted molar refractivity (Wildman–Crippen MR) is 108 cm³/mol. The van der Waals surface area contributed by atoms with E-state index in [1.165, 1.54) is 5.56 Å². The van der Waals surface area contributed by atoms with Gasteiger partial charge in [-0.1, -0.05) is 32.9 Å². The molecule has 0 spiro atoms. The number of anilines is 1. The van der Waals surface area contributed by atoms with Crippen molar-refractivity contribution >= 4 is 11.7 Å². The minimum Gasteiger partial charge on any atom is -0.437 e. The highest BCUT2D eigenvalue weighted by Gasteiger charge is 2.17. The number of hydrogen-bond acceptors (Lipinski definition) is 5. The Balaban J connectivity index is 2.04. The van der Waals surface area contributed by atoms with Crippen LogP contribution in [0.25, 0.3) is 0 Å². The zero-order valence-electron chi connectivity index (χ0n) is 17.2. The third-order valence-corrected chi connectivity index (χ3v) is 5.04. The topological polar surface area (TPSA) is 58.6 Å². The Bertz CT molecular complexity index is 759. The smallest absolute Gasteiger partial charge is 0.239 e. The van der Waals surface area contributed by atoms with Crippen LogP contribution in [-0.4, -0.2) is 48.0 Å². The van der Waals surface area contributed by atoms with Crippen LogP contribution in [0, 0.1) is 0 Å². The first-order valence-corrected chi connectivity index (χ1v) is 9.26. The van der Waals surface area contributed by atoms with Gasteiger partial charge in [-0.25, -0.2) is 0 Å². The highest BCUT2D eigenvalue weighted by molar-refractivity contribution is 5.72. The summed E-state index contributed by atoms with van der Waals surface area (Å²) in [5.41, 5.74) is 1.43. The van der Waals surface area contributed by atoms with Gasteiger partial charge in [0.1, 0.15) is 5.75 Å². The van der Waals surface area contributed by atoms with Crippen LogP contribution in [-0.2, 0) is 10.2 Å². The van der Waals surface area contributed by atoms with E-state index in [1.54, 1.807) is 31.3 Å². The number of aromatic nitrogens is 2. The molecule has 0 aliphatic rings. The van der Waals surface area contributed by atoms with Gasteiger partial charge in [0.15, 0.2) is 5.82 Å². The fourth-order valence-electron chi connectivity index (χ4n) is 2.44. The van der Waals surface area contributed by atoms with Crippen molar-refractivity contribution in [2.24, 2.45) is 0 Å². The molecule has 0 saturated heterocycles. The van der Waals surface area contributed by atoms with Gasteiger partial charge in [-0.2, -0.15) is 4.98 Å². The number of carbonyl (C=O) groups is 1. The molecule has 1 amide bonds. The first kappa shape index (κ1) is 20.7. The van der Waals surface area contributed by atoms with E-state index in [4.69, 9.17) is 4.74 Å². The molecule has 0 saturated carbocycles. The monoisotopic (exact) mass is 370 g/mol. The summed E-state index contributed by atoms with van der Waals surface area (Å²) in [5.74, 6) is 1.92. The molecular formula is C21H30N4O2. The Morgan fingerprint density at radius 1 is 1.11 bits per heavy atom. The van der Waals surface area contributed by atoms with Crippen molar-refractivity contribution in [3.05, 3.63) is 42.2 Å². The maximum Gasteiger partial charge on any atom is 0.239 e. The average Bonchev–Trinajstić information content (AvgIpc) is 2.66. The van der Waals surface area contributed by atoms with Crippen LogP contribution in [0.15, 0.2) is 36.7 Å². The zero-order valence-corrected chi connectivity index (χ0v) is 17.2. The standard InChI is InChI=1S/C21H30N4O2/c1-7-21(3,4)17-8-10-18(11-9-17)27-20-15-22-14-19(23-20)25(6)13-12-24(5)16(2)26/h8-11,14-15H,7,12-13H2,1-6H3. The van der Waals surface area contributed by atoms with Crippen LogP contribution in [0.5, 0.6) is 11.6 Å². The largest absolute Gasteiger partial charge is 0.437 e. The molecule has 0 fully saturated rings. The summed E-state index contributed by atoms with van der Waals surface area (Å²) in [5, 5.41) is 0. The maximum atomic E-state index is 11.3. The van der Waals surface area contributed by atoms with E-state index in [-0.39, 0.29) is 11.3 Å². The minimum absolute atomic E-state index is 0.0428. The highest BCUT2D eigenvalue weighted by atomic mass is 16.5. The number of rotatable bonds is 8. The molecule has 0 unspecified atom stereocenters. The predicted octanol–water partition coefficient (Wildman–Crippen LogP) is 3.87. The molecule has 0 aliphatic heterocycles. The molecule has 2 rings (SSSR count). The van der Waals surface area contributed by atoms with Crippen LogP contribution < -0.4 is 9.64 Å². The van der Waals surface area contributed by atoms with Crippen LogP contribution in [0.3, 0.4) is 0 Å². The average molecular weight is 370 g/mol. The zero-order chi connectivity index (χ0) is 20.0. The molecule has 146 valence electrons. The van der Waals surface area contributed by atoms with Gasteiger partial charge in [0.05, 0.1) is 12.4 Å². The summed E-state index contributed by atoms with van der Waals surface area (Å²) in [4.78, 5) is 23.7. The van der Waals surface area contributed by atoms with Crippen molar-refractivity contribution in [2.75, 3.05) is 32.1 Å². The first-order chi connectivity index (χ1) is 12.7. The van der Waals surface area contributed by atoms with Crippen molar-refractivity contribution < 1.29 is 9.53 Å². The third-order valence-electron chi connectivity index (χ3n) is 5.04. The normalized spacial score (nSPS) is 11.2. The Kier molecular flexibility index (Phi) is 6.77. The van der Waals surface area contributed by atoms with E-state index in [0.29, 0.717) is 24.8 Å². The lowest BCUT2D eigenvalue weighted by Crippen LogP contribution is -2.33. The van der Waals surface area contributed by atoms with Crippen molar-refractivity contribution in [1.82, 2.24) is 14.9 Å². The quantitative estimate of drug-likeness (QED) is 0.706. The number of amides is 1. The maximum absolute atomic E-state index is 11.3. The number of carbonyl (C=O) groups excluding carboxylic acids is 1. The van der Waals surface area contributed by atoms with Gasteiger partial charge in [0, 0.05) is 34.1 Å². The molecule has 6 nitrogen and oxygen atoms in total. The fourth-order valence-corrected chi connectivity index (χ4v) is 2.44. The summed E-state index contributed by atoms with van der Waals surface area (Å²) in [6.45, 7) is 9.49. The Morgan fingerprint density at radius 3 is 2.37 bits per heavy atom. The lowest BCUT2D eigenvalue weighted by molar-refractivity contribution is -0.127. The third kappa shape index (κ3) is 5.67. The Morgan fingerprint density at radius 2 is 1.78 bits per heavy atom. The Labute approximate surface area is 162 Å². The number of nitrogens with zero attached hydrogens (tertiary/aromatic N) is 4. The van der Waals surface area contributed by atoms with Crippen molar-refractivity contribution in [2.45, 2.75) is 39.5 Å². The highest BCUT2D eigenvalue weighted by Crippen LogP contribution is 2.29. The molecule has 0 radical (unpaired) electrons. The lowest BCUT2D eigenvalue weighted by atomic mass is 9.82. The molecule has 0 aliphatic carbocycles. The van der Waals surface area contributed by atoms with Gasteiger partial charge in [0.25, 0.3) is 0 Å². The second kappa shape index (κ2) is 8.84. The lowest BCUT2D eigenvalue weighted by Gasteiger charge is -2.23. The molecule has 1 aromatic heterocycles. The SMILES string of the molecule is CCC(C)(C)c1ccc(Oc2cncc(N(C)CCN(C)C(C)=O)n2)cc1. The first-order valence-electron chi connectivity index (χ1n) is 9.26. The van der Waals surface area contributed by atoms with E-state index in [9.17, 15) is 4.79 Å². The van der Waals surface area contributed by atoms with Crippen molar-refractivity contribution in [1.29, 1.82) is 0 Å². The molecular weight excluding hydrogens is 340 g/mol. The van der Waals surface area contributed by atoms with Crippen LogP contribution in [0.2, 0.25) is 0 Å². The van der Waals surface area contributed by atoms with Gasteiger partial charge in [0.2, 0.25) is 11.8 Å². The molecule has 2 aromatic rings. The van der Waals surface area contributed by atoms with Crippen molar-refractivity contribution in [3.63, 3.8) is 0 Å². The van der Waals surface area contributed by atoms with Gasteiger partial charge >= 0.3 is 0 Å². The summed E-state index contributed by atoms with van der Waals surface area (Å²) < 4.78 is 5.87. The second-order valence-corrected chi connectivity index (χ2v) is 7.44. The number of benzene rings is 1. The molecule has 0 N–H and O–H groups in total. The number of hydrogen-bond donors (Lipinski definition) is 0. The second-order valence-electron chi connectivity index (χ2n) is 7.44. The molecule has 6 heteroatoms. The van der Waals surface area contributed by atoms with Gasteiger partial charge in [-0.15, -0.1) is 0 Å². The summed E-state index contributed by atoms with van der Waals surface area (Å²) in [6, 6.07) is 8.12. The summed E-state index contributed by atoms with van der Waals surface area (Å²) >= 11 is 0. The number of likely N-dealkylation sites (N-methyl/N-ethyl adjacent to an activating group) is 2. The van der Waals surface area contributed by atoms with Crippen LogP contribution in [0.1, 0.15) is 39.7 Å². The van der Waals surface area contributed by atoms with E-state index in [0.717, 1.165) is 12.2 Å².